The minimum atomic E-state index is -1.19. The maximum Gasteiger partial charge on any atom is 0.339 e. The Morgan fingerprint density at radius 2 is 1.60 bits per heavy atom. The second-order valence-electron chi connectivity index (χ2n) is 7.68. The first-order valence-electron chi connectivity index (χ1n) is 9.56. The summed E-state index contributed by atoms with van der Waals surface area (Å²) in [7, 11) is -0.248. The molecule has 0 aliphatic heterocycles. The zero-order valence-electron chi connectivity index (χ0n) is 16.9. The topological polar surface area (TPSA) is 26.3 Å². The Morgan fingerprint density at radius 1 is 0.900 bits per heavy atom. The van der Waals surface area contributed by atoms with E-state index in [9.17, 15) is 13.6 Å². The summed E-state index contributed by atoms with van der Waals surface area (Å²) in [5, 5.41) is 1.19. The molecule has 30 heavy (non-hydrogen) atoms. The molecular weight excluding hydrogens is 402 g/mol. The van der Waals surface area contributed by atoms with Gasteiger partial charge in [-0.2, -0.15) is 0 Å². The van der Waals surface area contributed by atoms with Crippen LogP contribution in [0, 0.1) is 18.6 Å². The van der Waals surface area contributed by atoms with Crippen LogP contribution in [0.5, 0.6) is 0 Å². The molecule has 1 heterocycles. The van der Waals surface area contributed by atoms with Crippen LogP contribution in [-0.4, -0.2) is 5.97 Å². The second-order valence-corrected chi connectivity index (χ2v) is 9.85. The van der Waals surface area contributed by atoms with Gasteiger partial charge >= 0.3 is 5.97 Å². The highest BCUT2D eigenvalue weighted by Crippen LogP contribution is 2.43. The van der Waals surface area contributed by atoms with Crippen LogP contribution in [0.25, 0.3) is 15.0 Å². The lowest BCUT2D eigenvalue weighted by molar-refractivity contribution is -0.00338. The fourth-order valence-electron chi connectivity index (χ4n) is 3.55. The van der Waals surface area contributed by atoms with Crippen molar-refractivity contribution in [2.75, 3.05) is 0 Å². The minimum Gasteiger partial charge on any atom is -0.451 e. The van der Waals surface area contributed by atoms with Crippen molar-refractivity contribution in [2.24, 2.45) is 0 Å². The number of hydrogen-bond acceptors (Lipinski definition) is 2. The third kappa shape index (κ3) is 3.85. The molecule has 3 aromatic carbocycles. The number of fused-ring (bicyclic) bond motifs is 1. The number of benzene rings is 3. The van der Waals surface area contributed by atoms with Gasteiger partial charge in [0.1, 0.15) is 17.2 Å². The second kappa shape index (κ2) is 7.65. The predicted molar refractivity (Wildman–Crippen MR) is 117 cm³/mol. The van der Waals surface area contributed by atoms with Crippen LogP contribution < -0.4 is 0 Å². The molecular formula is C25H21F2O2S+. The van der Waals surface area contributed by atoms with Gasteiger partial charge in [0.2, 0.25) is 0 Å². The standard InChI is InChI=1S/C25H21F2O2S/c1-16-11-17-7-4-5-10-23(17)30(16)22-9-6-8-18(12-22)24(28)29-25(2,3)19-13-20(26)15-21(27)14-19/h4-15H,1-3H3/q+1. The van der Waals surface area contributed by atoms with Gasteiger partial charge < -0.3 is 4.74 Å². The van der Waals surface area contributed by atoms with Gasteiger partial charge in [-0.15, -0.1) is 0 Å². The van der Waals surface area contributed by atoms with Crippen LogP contribution in [-0.2, 0) is 10.3 Å². The zero-order valence-corrected chi connectivity index (χ0v) is 17.7. The van der Waals surface area contributed by atoms with E-state index < -0.39 is 23.2 Å². The van der Waals surface area contributed by atoms with Gasteiger partial charge in [-0.05, 0) is 50.2 Å². The summed E-state index contributed by atoms with van der Waals surface area (Å²) in [5.41, 5.74) is -0.523. The number of ether oxygens (including phenoxy) is 1. The summed E-state index contributed by atoms with van der Waals surface area (Å²) >= 11 is 0. The van der Waals surface area contributed by atoms with Crippen molar-refractivity contribution in [3.8, 4) is 4.90 Å². The lowest BCUT2D eigenvalue weighted by Crippen LogP contribution is -2.26. The van der Waals surface area contributed by atoms with Gasteiger partial charge in [0, 0.05) is 46.5 Å². The Labute approximate surface area is 176 Å². The molecule has 0 bridgehead atoms. The van der Waals surface area contributed by atoms with E-state index in [4.69, 9.17) is 4.74 Å². The predicted octanol–water partition coefficient (Wildman–Crippen LogP) is 7.26. The molecule has 5 heteroatoms. The van der Waals surface area contributed by atoms with Gasteiger partial charge in [0.05, 0.1) is 5.56 Å². The molecule has 0 saturated heterocycles. The van der Waals surface area contributed by atoms with E-state index in [1.54, 1.807) is 19.9 Å². The number of thiophene rings is 1. The Kier molecular flexibility index (Phi) is 5.16. The molecule has 1 unspecified atom stereocenters. The highest BCUT2D eigenvalue weighted by atomic mass is 32.2. The van der Waals surface area contributed by atoms with Crippen molar-refractivity contribution in [1.29, 1.82) is 0 Å². The quantitative estimate of drug-likeness (QED) is 0.255. The van der Waals surface area contributed by atoms with E-state index in [-0.39, 0.29) is 16.0 Å². The Bertz CT molecular complexity index is 1240. The molecule has 1 aromatic heterocycles. The van der Waals surface area contributed by atoms with E-state index in [1.807, 2.05) is 30.3 Å². The molecule has 4 aromatic rings. The first-order valence-corrected chi connectivity index (χ1v) is 10.8. The molecule has 0 spiro atoms. The molecule has 0 N–H and O–H groups in total. The highest BCUT2D eigenvalue weighted by molar-refractivity contribution is 7.45. The van der Waals surface area contributed by atoms with Crippen LogP contribution in [0.15, 0.2) is 72.8 Å². The Hall–Kier alpha value is -3.05. The zero-order chi connectivity index (χ0) is 21.5. The summed E-state index contributed by atoms with van der Waals surface area (Å²) in [5.74, 6) is -1.96. The molecule has 152 valence electrons. The van der Waals surface area contributed by atoms with Crippen LogP contribution in [0.4, 0.5) is 8.78 Å². The number of rotatable bonds is 4. The van der Waals surface area contributed by atoms with Crippen LogP contribution in [0.3, 0.4) is 0 Å². The molecule has 0 fully saturated rings. The summed E-state index contributed by atoms with van der Waals surface area (Å²) in [6.45, 7) is 5.32. The number of aryl methyl sites for hydroxylation is 1. The molecule has 1 atom stereocenters. The van der Waals surface area contributed by atoms with E-state index in [1.165, 1.54) is 27.1 Å². The Balaban J connectivity index is 1.67. The van der Waals surface area contributed by atoms with Crippen LogP contribution in [0.1, 0.15) is 34.6 Å². The summed E-state index contributed by atoms with van der Waals surface area (Å²) in [4.78, 5) is 15.1. The van der Waals surface area contributed by atoms with Crippen molar-refractivity contribution < 1.29 is 18.3 Å². The van der Waals surface area contributed by atoms with Gasteiger partial charge in [-0.25, -0.2) is 13.6 Å². The lowest BCUT2D eigenvalue weighted by Gasteiger charge is -2.25. The number of hydrogen-bond donors (Lipinski definition) is 0. The van der Waals surface area contributed by atoms with E-state index in [0.717, 1.165) is 11.0 Å². The molecule has 4 rings (SSSR count). The lowest BCUT2D eigenvalue weighted by atomic mass is 9.97. The average molecular weight is 424 g/mol. The van der Waals surface area contributed by atoms with Gasteiger partial charge in [0.25, 0.3) is 0 Å². The molecule has 0 aliphatic carbocycles. The van der Waals surface area contributed by atoms with E-state index >= 15 is 0 Å². The minimum absolute atomic E-state index is 0.248. The highest BCUT2D eigenvalue weighted by Gasteiger charge is 2.28. The third-order valence-electron chi connectivity index (χ3n) is 5.03. The third-order valence-corrected chi connectivity index (χ3v) is 7.33. The molecule has 0 saturated carbocycles. The summed E-state index contributed by atoms with van der Waals surface area (Å²) < 4.78 is 34.1. The maximum atomic E-state index is 13.6. The van der Waals surface area contributed by atoms with Crippen LogP contribution >= 0.6 is 10.5 Å². The van der Waals surface area contributed by atoms with Crippen LogP contribution in [0.2, 0.25) is 0 Å². The smallest absolute Gasteiger partial charge is 0.339 e. The van der Waals surface area contributed by atoms with Crippen molar-refractivity contribution in [3.05, 3.63) is 100 Å². The van der Waals surface area contributed by atoms with Gasteiger partial charge in [-0.1, -0.05) is 18.2 Å². The maximum absolute atomic E-state index is 13.6. The van der Waals surface area contributed by atoms with Crippen molar-refractivity contribution in [3.63, 3.8) is 0 Å². The largest absolute Gasteiger partial charge is 0.451 e. The Morgan fingerprint density at radius 3 is 2.33 bits per heavy atom. The number of carbonyl (C=O) groups is 1. The van der Waals surface area contributed by atoms with Gasteiger partial charge in [-0.3, -0.25) is 0 Å². The fourth-order valence-corrected chi connectivity index (χ4v) is 5.81. The summed E-state index contributed by atoms with van der Waals surface area (Å²) in [6.07, 6.45) is 0. The fraction of sp³-hybridized carbons (Fsp3) is 0.160. The molecule has 2 nitrogen and oxygen atoms in total. The number of esters is 1. The van der Waals surface area contributed by atoms with E-state index in [2.05, 4.69) is 25.1 Å². The van der Waals surface area contributed by atoms with E-state index in [0.29, 0.717) is 5.56 Å². The summed E-state index contributed by atoms with van der Waals surface area (Å²) in [6, 6.07) is 20.9. The normalized spacial score (nSPS) is 12.2. The molecule has 0 amide bonds. The molecule has 0 radical (unpaired) electrons. The first-order chi connectivity index (χ1) is 14.2. The monoisotopic (exact) mass is 423 g/mol. The SMILES string of the molecule is Cc1cc2ccccc2[s+]1-c1cccc(C(=O)OC(C)(C)c2cc(F)cc(F)c2)c1. The van der Waals surface area contributed by atoms with Crippen molar-refractivity contribution >= 4 is 26.5 Å². The first kappa shape index (κ1) is 20.2. The molecule has 0 aliphatic rings. The van der Waals surface area contributed by atoms with Crippen molar-refractivity contribution in [2.45, 2.75) is 26.4 Å². The number of carbonyl (C=O) groups excluding carboxylic acids is 1. The number of halogens is 2. The average Bonchev–Trinajstić information content (AvgIpc) is 3.02. The van der Waals surface area contributed by atoms with Crippen molar-refractivity contribution in [1.82, 2.24) is 0 Å². The van der Waals surface area contributed by atoms with Gasteiger partial charge in [0.15, 0.2) is 14.5 Å².